The lowest BCUT2D eigenvalue weighted by Crippen LogP contribution is -2.30. The molecule has 1 N–H and O–H groups in total. The zero-order chi connectivity index (χ0) is 17.6. The molecular weight excluding hydrogens is 319 g/mol. The Morgan fingerprint density at radius 2 is 1.76 bits per heavy atom. The van der Waals surface area contributed by atoms with E-state index in [4.69, 9.17) is 4.74 Å². The predicted octanol–water partition coefficient (Wildman–Crippen LogP) is 4.22. The van der Waals surface area contributed by atoms with Gasteiger partial charge in [-0.25, -0.2) is 4.39 Å². The summed E-state index contributed by atoms with van der Waals surface area (Å²) in [6, 6.07) is 13.9. The number of anilines is 2. The van der Waals surface area contributed by atoms with Gasteiger partial charge in [0.2, 0.25) is 0 Å². The first-order valence-electron chi connectivity index (χ1n) is 8.70. The molecule has 0 unspecified atom stereocenters. The molecule has 1 saturated heterocycles. The van der Waals surface area contributed by atoms with Crippen LogP contribution >= 0.6 is 0 Å². The summed E-state index contributed by atoms with van der Waals surface area (Å²) in [6.45, 7) is 3.77. The van der Waals surface area contributed by atoms with E-state index in [2.05, 4.69) is 10.2 Å². The summed E-state index contributed by atoms with van der Waals surface area (Å²) in [5, 5.41) is 2.81. The third-order valence-corrected chi connectivity index (χ3v) is 4.37. The first kappa shape index (κ1) is 17.3. The highest BCUT2D eigenvalue weighted by Crippen LogP contribution is 2.22. The third kappa shape index (κ3) is 4.50. The normalized spacial score (nSPS) is 15.5. The van der Waals surface area contributed by atoms with Crippen LogP contribution in [0.3, 0.4) is 0 Å². The molecule has 25 heavy (non-hydrogen) atoms. The maximum Gasteiger partial charge on any atom is 0.265 e. The van der Waals surface area contributed by atoms with Gasteiger partial charge < -0.3 is 15.0 Å². The Balaban J connectivity index is 1.57. The van der Waals surface area contributed by atoms with E-state index >= 15 is 0 Å². The van der Waals surface area contributed by atoms with Gasteiger partial charge in [0.05, 0.1) is 0 Å². The fourth-order valence-electron chi connectivity index (χ4n) is 2.94. The number of benzene rings is 2. The van der Waals surface area contributed by atoms with Crippen molar-refractivity contribution in [1.29, 1.82) is 0 Å². The SMILES string of the molecule is C[C@H](Oc1ccccc1F)C(=O)Nc1ccc(N2CCCCC2)cc1. The number of rotatable bonds is 5. The summed E-state index contributed by atoms with van der Waals surface area (Å²) in [6.07, 6.45) is 2.95. The lowest BCUT2D eigenvalue weighted by atomic mass is 10.1. The van der Waals surface area contributed by atoms with Crippen molar-refractivity contribution in [2.45, 2.75) is 32.3 Å². The minimum Gasteiger partial charge on any atom is -0.478 e. The van der Waals surface area contributed by atoms with Crippen molar-refractivity contribution in [3.05, 3.63) is 54.3 Å². The van der Waals surface area contributed by atoms with Crippen LogP contribution in [0.15, 0.2) is 48.5 Å². The average Bonchev–Trinajstić information content (AvgIpc) is 2.65. The number of halogens is 1. The molecule has 1 aliphatic rings. The topological polar surface area (TPSA) is 41.6 Å². The van der Waals surface area contributed by atoms with Crippen LogP contribution in [0.1, 0.15) is 26.2 Å². The number of para-hydroxylation sites is 1. The van der Waals surface area contributed by atoms with E-state index in [-0.39, 0.29) is 11.7 Å². The molecule has 5 heteroatoms. The van der Waals surface area contributed by atoms with Gasteiger partial charge in [-0.15, -0.1) is 0 Å². The van der Waals surface area contributed by atoms with Gasteiger partial charge in [0, 0.05) is 24.5 Å². The highest BCUT2D eigenvalue weighted by molar-refractivity contribution is 5.94. The Hall–Kier alpha value is -2.56. The molecule has 0 bridgehead atoms. The maximum atomic E-state index is 13.6. The number of nitrogens with zero attached hydrogens (tertiary/aromatic N) is 1. The van der Waals surface area contributed by atoms with Crippen LogP contribution in [-0.2, 0) is 4.79 Å². The molecule has 1 heterocycles. The van der Waals surface area contributed by atoms with E-state index in [0.717, 1.165) is 13.1 Å². The number of hydrogen-bond acceptors (Lipinski definition) is 3. The second kappa shape index (κ2) is 8.01. The summed E-state index contributed by atoms with van der Waals surface area (Å²) < 4.78 is 19.0. The van der Waals surface area contributed by atoms with Crippen molar-refractivity contribution in [2.75, 3.05) is 23.3 Å². The monoisotopic (exact) mass is 342 g/mol. The summed E-state index contributed by atoms with van der Waals surface area (Å²) in [5.41, 5.74) is 1.88. The number of carbonyl (C=O) groups excluding carboxylic acids is 1. The molecule has 0 spiro atoms. The highest BCUT2D eigenvalue weighted by Gasteiger charge is 2.17. The standard InChI is InChI=1S/C20H23FN2O2/c1-15(25-19-8-4-3-7-18(19)21)20(24)22-16-9-11-17(12-10-16)23-13-5-2-6-14-23/h3-4,7-12,15H,2,5-6,13-14H2,1H3,(H,22,24)/t15-/m0/s1. The first-order valence-corrected chi connectivity index (χ1v) is 8.70. The van der Waals surface area contributed by atoms with Crippen LogP contribution in [0.5, 0.6) is 5.75 Å². The van der Waals surface area contributed by atoms with Crippen LogP contribution in [0.25, 0.3) is 0 Å². The van der Waals surface area contributed by atoms with E-state index < -0.39 is 11.9 Å². The van der Waals surface area contributed by atoms with Gasteiger partial charge in [-0.3, -0.25) is 4.79 Å². The minimum atomic E-state index is -0.793. The molecule has 1 aliphatic heterocycles. The maximum absolute atomic E-state index is 13.6. The predicted molar refractivity (Wildman–Crippen MR) is 97.6 cm³/mol. The van der Waals surface area contributed by atoms with E-state index in [1.54, 1.807) is 19.1 Å². The molecule has 3 rings (SSSR count). The van der Waals surface area contributed by atoms with Crippen molar-refractivity contribution < 1.29 is 13.9 Å². The van der Waals surface area contributed by atoms with Crippen LogP contribution in [0, 0.1) is 5.82 Å². The van der Waals surface area contributed by atoms with Gasteiger partial charge in [0.25, 0.3) is 5.91 Å². The number of nitrogens with one attached hydrogen (secondary N) is 1. The quantitative estimate of drug-likeness (QED) is 0.884. The Morgan fingerprint density at radius 1 is 1.08 bits per heavy atom. The molecule has 0 saturated carbocycles. The number of ether oxygens (including phenoxy) is 1. The smallest absolute Gasteiger partial charge is 0.265 e. The molecule has 4 nitrogen and oxygen atoms in total. The van der Waals surface area contributed by atoms with Gasteiger partial charge >= 0.3 is 0 Å². The van der Waals surface area contributed by atoms with E-state index in [1.807, 2.05) is 24.3 Å². The number of piperidine rings is 1. The van der Waals surface area contributed by atoms with Gasteiger partial charge in [-0.2, -0.15) is 0 Å². The van der Waals surface area contributed by atoms with Gasteiger partial charge in [0.15, 0.2) is 17.7 Å². The van der Waals surface area contributed by atoms with Crippen LogP contribution in [-0.4, -0.2) is 25.1 Å². The van der Waals surface area contributed by atoms with E-state index in [0.29, 0.717) is 5.69 Å². The second-order valence-electron chi connectivity index (χ2n) is 6.27. The number of amides is 1. The van der Waals surface area contributed by atoms with Gasteiger partial charge in [0.1, 0.15) is 0 Å². The fourth-order valence-corrected chi connectivity index (χ4v) is 2.94. The molecule has 0 radical (unpaired) electrons. The Morgan fingerprint density at radius 3 is 2.44 bits per heavy atom. The molecule has 1 fully saturated rings. The minimum absolute atomic E-state index is 0.0746. The summed E-state index contributed by atoms with van der Waals surface area (Å²) in [5.74, 6) is -0.715. The Labute approximate surface area is 147 Å². The second-order valence-corrected chi connectivity index (χ2v) is 6.27. The lowest BCUT2D eigenvalue weighted by molar-refractivity contribution is -0.122. The van der Waals surface area contributed by atoms with Crippen molar-refractivity contribution in [3.63, 3.8) is 0 Å². The van der Waals surface area contributed by atoms with E-state index in [9.17, 15) is 9.18 Å². The average molecular weight is 342 g/mol. The molecule has 0 aliphatic carbocycles. The van der Waals surface area contributed by atoms with Crippen LogP contribution in [0.2, 0.25) is 0 Å². The summed E-state index contributed by atoms with van der Waals surface area (Å²) in [7, 11) is 0. The number of hydrogen-bond donors (Lipinski definition) is 1. The van der Waals surface area contributed by atoms with Crippen molar-refractivity contribution >= 4 is 17.3 Å². The van der Waals surface area contributed by atoms with Crippen LogP contribution in [0.4, 0.5) is 15.8 Å². The molecule has 2 aromatic carbocycles. The highest BCUT2D eigenvalue weighted by atomic mass is 19.1. The fraction of sp³-hybridized carbons (Fsp3) is 0.350. The summed E-state index contributed by atoms with van der Waals surface area (Å²) >= 11 is 0. The molecule has 1 atom stereocenters. The first-order chi connectivity index (χ1) is 12.1. The molecular formula is C20H23FN2O2. The molecule has 2 aromatic rings. The molecule has 1 amide bonds. The molecule has 0 aromatic heterocycles. The van der Waals surface area contributed by atoms with Crippen molar-refractivity contribution in [3.8, 4) is 5.75 Å². The van der Waals surface area contributed by atoms with Crippen LogP contribution < -0.4 is 15.0 Å². The van der Waals surface area contributed by atoms with Gasteiger partial charge in [-0.1, -0.05) is 12.1 Å². The Bertz CT molecular complexity index is 712. The van der Waals surface area contributed by atoms with E-state index in [1.165, 1.54) is 37.1 Å². The van der Waals surface area contributed by atoms with Crippen molar-refractivity contribution in [1.82, 2.24) is 0 Å². The zero-order valence-corrected chi connectivity index (χ0v) is 14.4. The molecule has 132 valence electrons. The number of carbonyl (C=O) groups is 1. The summed E-state index contributed by atoms with van der Waals surface area (Å²) in [4.78, 5) is 14.6. The largest absolute Gasteiger partial charge is 0.478 e. The lowest BCUT2D eigenvalue weighted by Gasteiger charge is -2.28. The third-order valence-electron chi connectivity index (χ3n) is 4.37. The van der Waals surface area contributed by atoms with Crippen molar-refractivity contribution in [2.24, 2.45) is 0 Å². The van der Waals surface area contributed by atoms with Gasteiger partial charge in [-0.05, 0) is 62.6 Å². The zero-order valence-electron chi connectivity index (χ0n) is 14.4. The Kier molecular flexibility index (Phi) is 5.53.